The molecule has 2 nitrogen and oxygen atoms in total. The molecule has 3 aromatic rings. The Labute approximate surface area is 129 Å². The Kier molecular flexibility index (Phi) is 3.72. The van der Waals surface area contributed by atoms with E-state index in [1.54, 1.807) is 0 Å². The Morgan fingerprint density at radius 3 is 2.24 bits per heavy atom. The average molecular weight is 295 g/mol. The molecular formula is C18H15ClN2. The van der Waals surface area contributed by atoms with Gasteiger partial charge in [0, 0.05) is 16.7 Å². The second-order valence-corrected chi connectivity index (χ2v) is 5.41. The molecule has 0 aliphatic heterocycles. The molecule has 3 rings (SSSR count). The molecule has 0 bridgehead atoms. The molecule has 0 saturated heterocycles. The summed E-state index contributed by atoms with van der Waals surface area (Å²) in [5.74, 6) is 0.660. The van der Waals surface area contributed by atoms with Crippen LogP contribution < -0.4 is 0 Å². The molecule has 104 valence electrons. The lowest BCUT2D eigenvalue weighted by Crippen LogP contribution is -1.97. The lowest BCUT2D eigenvalue weighted by atomic mass is 10.1. The SMILES string of the molecule is Cc1cccc(-c2nc(Cl)c(C)c(-c3ccccc3)n2)c1. The van der Waals surface area contributed by atoms with Crippen LogP contribution in [-0.4, -0.2) is 9.97 Å². The van der Waals surface area contributed by atoms with Crippen LogP contribution in [0.4, 0.5) is 0 Å². The van der Waals surface area contributed by atoms with Crippen molar-refractivity contribution in [2.24, 2.45) is 0 Å². The summed E-state index contributed by atoms with van der Waals surface area (Å²) in [6, 6.07) is 18.2. The molecule has 0 radical (unpaired) electrons. The largest absolute Gasteiger partial charge is 0.228 e. The van der Waals surface area contributed by atoms with Gasteiger partial charge in [-0.2, -0.15) is 0 Å². The van der Waals surface area contributed by atoms with Crippen molar-refractivity contribution in [3.05, 3.63) is 70.9 Å². The van der Waals surface area contributed by atoms with Crippen LogP contribution in [0.5, 0.6) is 0 Å². The lowest BCUT2D eigenvalue weighted by molar-refractivity contribution is 1.14. The third kappa shape index (κ3) is 2.81. The molecule has 0 saturated carbocycles. The van der Waals surface area contributed by atoms with E-state index in [9.17, 15) is 0 Å². The third-order valence-corrected chi connectivity index (χ3v) is 3.78. The Bertz CT molecular complexity index is 782. The van der Waals surface area contributed by atoms with Gasteiger partial charge in [0.25, 0.3) is 0 Å². The van der Waals surface area contributed by atoms with Crippen LogP contribution in [0.3, 0.4) is 0 Å². The smallest absolute Gasteiger partial charge is 0.161 e. The molecule has 21 heavy (non-hydrogen) atoms. The van der Waals surface area contributed by atoms with E-state index in [0.29, 0.717) is 11.0 Å². The van der Waals surface area contributed by atoms with Gasteiger partial charge in [-0.1, -0.05) is 65.7 Å². The molecule has 2 aromatic carbocycles. The molecule has 0 atom stereocenters. The normalized spacial score (nSPS) is 10.6. The van der Waals surface area contributed by atoms with Crippen LogP contribution in [0.25, 0.3) is 22.6 Å². The number of nitrogens with zero attached hydrogens (tertiary/aromatic N) is 2. The average Bonchev–Trinajstić information content (AvgIpc) is 2.51. The van der Waals surface area contributed by atoms with Crippen molar-refractivity contribution in [2.45, 2.75) is 13.8 Å². The summed E-state index contributed by atoms with van der Waals surface area (Å²) < 4.78 is 0. The number of rotatable bonds is 2. The highest BCUT2D eigenvalue weighted by Gasteiger charge is 2.12. The Morgan fingerprint density at radius 1 is 0.810 bits per heavy atom. The molecule has 0 aliphatic carbocycles. The number of aryl methyl sites for hydroxylation is 1. The first-order valence-electron chi connectivity index (χ1n) is 6.82. The summed E-state index contributed by atoms with van der Waals surface area (Å²) in [7, 11) is 0. The minimum Gasteiger partial charge on any atom is -0.228 e. The topological polar surface area (TPSA) is 25.8 Å². The van der Waals surface area contributed by atoms with Gasteiger partial charge >= 0.3 is 0 Å². The molecule has 1 aromatic heterocycles. The Balaban J connectivity index is 2.19. The zero-order valence-corrected chi connectivity index (χ0v) is 12.7. The van der Waals surface area contributed by atoms with Crippen molar-refractivity contribution in [1.82, 2.24) is 9.97 Å². The third-order valence-electron chi connectivity index (χ3n) is 3.41. The first kappa shape index (κ1) is 13.8. The van der Waals surface area contributed by atoms with E-state index in [-0.39, 0.29) is 0 Å². The zero-order chi connectivity index (χ0) is 14.8. The van der Waals surface area contributed by atoms with Gasteiger partial charge in [-0.25, -0.2) is 9.97 Å². The minimum absolute atomic E-state index is 0.500. The van der Waals surface area contributed by atoms with Crippen LogP contribution in [-0.2, 0) is 0 Å². The number of hydrogen-bond acceptors (Lipinski definition) is 2. The molecule has 0 fully saturated rings. The quantitative estimate of drug-likeness (QED) is 0.616. The van der Waals surface area contributed by atoms with Crippen molar-refractivity contribution < 1.29 is 0 Å². The molecule has 0 N–H and O–H groups in total. The van der Waals surface area contributed by atoms with Crippen LogP contribution in [0, 0.1) is 13.8 Å². The molecule has 0 amide bonds. The van der Waals surface area contributed by atoms with E-state index in [4.69, 9.17) is 16.6 Å². The summed E-state index contributed by atoms with van der Waals surface area (Å²) in [5.41, 5.74) is 4.99. The minimum atomic E-state index is 0.500. The predicted octanol–water partition coefficient (Wildman–Crippen LogP) is 5.08. The number of aromatic nitrogens is 2. The first-order chi connectivity index (χ1) is 10.1. The number of halogens is 1. The second kappa shape index (κ2) is 5.66. The van der Waals surface area contributed by atoms with Gasteiger partial charge < -0.3 is 0 Å². The van der Waals surface area contributed by atoms with Crippen molar-refractivity contribution in [3.63, 3.8) is 0 Å². The van der Waals surface area contributed by atoms with Crippen LogP contribution in [0.2, 0.25) is 5.15 Å². The number of benzene rings is 2. The monoisotopic (exact) mass is 294 g/mol. The fraction of sp³-hybridized carbons (Fsp3) is 0.111. The Hall–Kier alpha value is -2.19. The van der Waals surface area contributed by atoms with Gasteiger partial charge in [-0.05, 0) is 19.9 Å². The van der Waals surface area contributed by atoms with Gasteiger partial charge in [0.2, 0.25) is 0 Å². The van der Waals surface area contributed by atoms with E-state index in [2.05, 4.69) is 24.0 Å². The molecular weight excluding hydrogens is 280 g/mol. The van der Waals surface area contributed by atoms with Crippen molar-refractivity contribution >= 4 is 11.6 Å². The van der Waals surface area contributed by atoms with Crippen LogP contribution in [0.15, 0.2) is 54.6 Å². The Morgan fingerprint density at radius 2 is 1.52 bits per heavy atom. The summed E-state index contributed by atoms with van der Waals surface area (Å²) >= 11 is 6.31. The van der Waals surface area contributed by atoms with Crippen molar-refractivity contribution in [1.29, 1.82) is 0 Å². The van der Waals surface area contributed by atoms with Gasteiger partial charge in [0.05, 0.1) is 5.69 Å². The number of hydrogen-bond donors (Lipinski definition) is 0. The van der Waals surface area contributed by atoms with E-state index >= 15 is 0 Å². The summed E-state index contributed by atoms with van der Waals surface area (Å²) in [4.78, 5) is 9.14. The van der Waals surface area contributed by atoms with Crippen molar-refractivity contribution in [2.75, 3.05) is 0 Å². The summed E-state index contributed by atoms with van der Waals surface area (Å²) in [6.07, 6.45) is 0. The van der Waals surface area contributed by atoms with Crippen LogP contribution in [0.1, 0.15) is 11.1 Å². The van der Waals surface area contributed by atoms with Gasteiger partial charge in [-0.15, -0.1) is 0 Å². The van der Waals surface area contributed by atoms with Gasteiger partial charge in [0.15, 0.2) is 5.82 Å². The summed E-state index contributed by atoms with van der Waals surface area (Å²) in [5, 5.41) is 0.500. The highest BCUT2D eigenvalue weighted by molar-refractivity contribution is 6.30. The maximum atomic E-state index is 6.31. The molecule has 1 heterocycles. The zero-order valence-electron chi connectivity index (χ0n) is 12.0. The first-order valence-corrected chi connectivity index (χ1v) is 7.19. The van der Waals surface area contributed by atoms with E-state index in [0.717, 1.165) is 22.4 Å². The second-order valence-electron chi connectivity index (χ2n) is 5.05. The van der Waals surface area contributed by atoms with Gasteiger partial charge in [0.1, 0.15) is 5.15 Å². The summed E-state index contributed by atoms with van der Waals surface area (Å²) in [6.45, 7) is 4.00. The molecule has 3 heteroatoms. The molecule has 0 aliphatic rings. The van der Waals surface area contributed by atoms with E-state index in [1.165, 1.54) is 5.56 Å². The fourth-order valence-electron chi connectivity index (χ4n) is 2.28. The maximum absolute atomic E-state index is 6.31. The standard InChI is InChI=1S/C18H15ClN2/c1-12-7-6-10-15(11-12)18-20-16(13(2)17(19)21-18)14-8-4-3-5-9-14/h3-11H,1-2H3. The van der Waals surface area contributed by atoms with E-state index in [1.807, 2.05) is 49.4 Å². The highest BCUT2D eigenvalue weighted by atomic mass is 35.5. The molecule has 0 unspecified atom stereocenters. The molecule has 0 spiro atoms. The highest BCUT2D eigenvalue weighted by Crippen LogP contribution is 2.28. The predicted molar refractivity (Wildman–Crippen MR) is 87.4 cm³/mol. The van der Waals surface area contributed by atoms with Crippen molar-refractivity contribution in [3.8, 4) is 22.6 Å². The maximum Gasteiger partial charge on any atom is 0.161 e. The van der Waals surface area contributed by atoms with Crippen LogP contribution >= 0.6 is 11.6 Å². The lowest BCUT2D eigenvalue weighted by Gasteiger charge is -2.10. The fourth-order valence-corrected chi connectivity index (χ4v) is 2.45. The van der Waals surface area contributed by atoms with E-state index < -0.39 is 0 Å². The van der Waals surface area contributed by atoms with Gasteiger partial charge in [-0.3, -0.25) is 0 Å².